The van der Waals surface area contributed by atoms with Crippen LogP contribution in [0.1, 0.15) is 18.8 Å². The second-order valence-corrected chi connectivity index (χ2v) is 6.44. The van der Waals surface area contributed by atoms with Crippen LogP contribution in [0.15, 0.2) is 67.3 Å². The first-order valence-corrected chi connectivity index (χ1v) is 8.85. The van der Waals surface area contributed by atoms with Crippen molar-refractivity contribution in [3.8, 4) is 5.69 Å². The van der Waals surface area contributed by atoms with Gasteiger partial charge in [-0.05, 0) is 31.2 Å². The molecule has 3 heterocycles. The Morgan fingerprint density at radius 3 is 2.79 bits per heavy atom. The predicted octanol–water partition coefficient (Wildman–Crippen LogP) is 3.78. The molecule has 5 rings (SSSR count). The normalized spacial score (nSPS) is 12.5. The third kappa shape index (κ3) is 2.66. The monoisotopic (exact) mass is 373 g/mol. The highest BCUT2D eigenvalue weighted by atomic mass is 19.1. The number of benzene rings is 2. The van der Waals surface area contributed by atoms with Crippen molar-refractivity contribution in [2.24, 2.45) is 0 Å². The van der Waals surface area contributed by atoms with E-state index in [0.29, 0.717) is 17.0 Å². The van der Waals surface area contributed by atoms with Crippen LogP contribution in [0.2, 0.25) is 0 Å². The smallest absolute Gasteiger partial charge is 0.196 e. The number of para-hydroxylation sites is 1. The van der Waals surface area contributed by atoms with Gasteiger partial charge < -0.3 is 5.32 Å². The number of nitrogens with one attached hydrogen (secondary N) is 1. The SMILES string of the molecule is CC(Nc1ncnn2ccnc12)c1nc2ccc(F)cc2n1-c1ccccc1. The fourth-order valence-electron chi connectivity index (χ4n) is 3.33. The Hall–Kier alpha value is -3.81. The summed E-state index contributed by atoms with van der Waals surface area (Å²) in [6.07, 6.45) is 4.90. The zero-order valence-corrected chi connectivity index (χ0v) is 15.0. The first-order valence-electron chi connectivity index (χ1n) is 8.85. The topological polar surface area (TPSA) is 72.9 Å². The fraction of sp³-hybridized carbons (Fsp3) is 0.100. The molecule has 0 saturated heterocycles. The maximum absolute atomic E-state index is 13.9. The predicted molar refractivity (Wildman–Crippen MR) is 104 cm³/mol. The van der Waals surface area contributed by atoms with Gasteiger partial charge in [-0.3, -0.25) is 4.57 Å². The fourth-order valence-corrected chi connectivity index (χ4v) is 3.33. The standard InChI is InChI=1S/C20H16FN7/c1-13(25-18-20-22-9-10-27(20)24-12-23-18)19-26-16-8-7-14(21)11-17(16)28(19)15-5-3-2-4-6-15/h2-13H,1H3,(H,23,24,25). The molecule has 1 N–H and O–H groups in total. The van der Waals surface area contributed by atoms with Crippen molar-refractivity contribution >= 4 is 22.5 Å². The van der Waals surface area contributed by atoms with Gasteiger partial charge in [0.2, 0.25) is 0 Å². The number of nitrogens with zero attached hydrogens (tertiary/aromatic N) is 6. The molecule has 7 nitrogen and oxygen atoms in total. The highest BCUT2D eigenvalue weighted by Crippen LogP contribution is 2.28. The minimum absolute atomic E-state index is 0.217. The lowest BCUT2D eigenvalue weighted by atomic mass is 10.2. The number of anilines is 1. The second-order valence-electron chi connectivity index (χ2n) is 6.44. The highest BCUT2D eigenvalue weighted by Gasteiger charge is 2.20. The maximum Gasteiger partial charge on any atom is 0.196 e. The first-order chi connectivity index (χ1) is 13.7. The minimum Gasteiger partial charge on any atom is -0.357 e. The van der Waals surface area contributed by atoms with Crippen molar-refractivity contribution in [1.82, 2.24) is 29.1 Å². The molecule has 0 aliphatic carbocycles. The van der Waals surface area contributed by atoms with Gasteiger partial charge in [0, 0.05) is 24.1 Å². The van der Waals surface area contributed by atoms with E-state index in [2.05, 4.69) is 20.4 Å². The number of rotatable bonds is 4. The van der Waals surface area contributed by atoms with E-state index in [9.17, 15) is 4.39 Å². The molecule has 0 saturated carbocycles. The summed E-state index contributed by atoms with van der Waals surface area (Å²) >= 11 is 0. The molecule has 28 heavy (non-hydrogen) atoms. The molecule has 5 aromatic rings. The molecule has 1 atom stereocenters. The summed E-state index contributed by atoms with van der Waals surface area (Å²) in [5, 5.41) is 7.49. The van der Waals surface area contributed by atoms with Gasteiger partial charge in [0.1, 0.15) is 18.0 Å². The first kappa shape index (κ1) is 16.4. The minimum atomic E-state index is -0.299. The summed E-state index contributed by atoms with van der Waals surface area (Å²) in [5.74, 6) is 1.05. The third-order valence-electron chi connectivity index (χ3n) is 4.59. The summed E-state index contributed by atoms with van der Waals surface area (Å²) in [5.41, 5.74) is 2.97. The molecular weight excluding hydrogens is 357 g/mol. The summed E-state index contributed by atoms with van der Waals surface area (Å²) in [4.78, 5) is 13.4. The van der Waals surface area contributed by atoms with Crippen LogP contribution < -0.4 is 5.32 Å². The van der Waals surface area contributed by atoms with Gasteiger partial charge in [0.15, 0.2) is 11.5 Å². The van der Waals surface area contributed by atoms with Gasteiger partial charge in [-0.1, -0.05) is 18.2 Å². The second kappa shape index (κ2) is 6.41. The molecular formula is C20H16FN7. The Labute approximate surface area is 159 Å². The third-order valence-corrected chi connectivity index (χ3v) is 4.59. The van der Waals surface area contributed by atoms with E-state index >= 15 is 0 Å². The van der Waals surface area contributed by atoms with E-state index in [4.69, 9.17) is 4.98 Å². The molecule has 0 spiro atoms. The van der Waals surface area contributed by atoms with Crippen LogP contribution in [0.3, 0.4) is 0 Å². The molecule has 0 radical (unpaired) electrons. The van der Waals surface area contributed by atoms with Crippen molar-refractivity contribution in [3.05, 3.63) is 78.9 Å². The number of fused-ring (bicyclic) bond motifs is 2. The molecule has 3 aromatic heterocycles. The van der Waals surface area contributed by atoms with Gasteiger partial charge >= 0.3 is 0 Å². The van der Waals surface area contributed by atoms with E-state index in [1.54, 1.807) is 23.0 Å². The quantitative estimate of drug-likeness (QED) is 0.519. The molecule has 138 valence electrons. The van der Waals surface area contributed by atoms with Gasteiger partial charge in [0.25, 0.3) is 0 Å². The van der Waals surface area contributed by atoms with Crippen LogP contribution in [-0.4, -0.2) is 29.1 Å². The Bertz CT molecular complexity index is 1280. The molecule has 0 fully saturated rings. The lowest BCUT2D eigenvalue weighted by Crippen LogP contribution is -2.15. The maximum atomic E-state index is 13.9. The van der Waals surface area contributed by atoms with Crippen LogP contribution in [0.5, 0.6) is 0 Å². The Morgan fingerprint density at radius 2 is 1.93 bits per heavy atom. The van der Waals surface area contributed by atoms with Gasteiger partial charge in [0.05, 0.1) is 17.1 Å². The number of aromatic nitrogens is 6. The van der Waals surface area contributed by atoms with Crippen LogP contribution in [0.25, 0.3) is 22.4 Å². The summed E-state index contributed by atoms with van der Waals surface area (Å²) in [7, 11) is 0. The largest absolute Gasteiger partial charge is 0.357 e. The lowest BCUT2D eigenvalue weighted by Gasteiger charge is -2.17. The van der Waals surface area contributed by atoms with Gasteiger partial charge in [-0.2, -0.15) is 5.10 Å². The van der Waals surface area contributed by atoms with Gasteiger partial charge in [-0.15, -0.1) is 0 Å². The number of halogens is 1. The Kier molecular flexibility index (Phi) is 3.75. The molecule has 0 aliphatic heterocycles. The van der Waals surface area contributed by atoms with Crippen molar-refractivity contribution in [1.29, 1.82) is 0 Å². The summed E-state index contributed by atoms with van der Waals surface area (Å²) in [6.45, 7) is 1.98. The Morgan fingerprint density at radius 1 is 1.07 bits per heavy atom. The summed E-state index contributed by atoms with van der Waals surface area (Å²) in [6, 6.07) is 14.2. The van der Waals surface area contributed by atoms with E-state index < -0.39 is 0 Å². The average molecular weight is 373 g/mol. The van der Waals surface area contributed by atoms with Crippen LogP contribution in [0.4, 0.5) is 10.2 Å². The van der Waals surface area contributed by atoms with Crippen molar-refractivity contribution in [3.63, 3.8) is 0 Å². The van der Waals surface area contributed by atoms with Gasteiger partial charge in [-0.25, -0.2) is 23.9 Å². The van der Waals surface area contributed by atoms with Crippen molar-refractivity contribution < 1.29 is 4.39 Å². The number of imidazole rings is 2. The molecule has 0 aliphatic rings. The van der Waals surface area contributed by atoms with E-state index in [0.717, 1.165) is 17.0 Å². The molecule has 1 unspecified atom stereocenters. The van der Waals surface area contributed by atoms with E-state index in [1.165, 1.54) is 18.5 Å². The molecule has 2 aromatic carbocycles. The number of hydrogen-bond donors (Lipinski definition) is 1. The highest BCUT2D eigenvalue weighted by molar-refractivity contribution is 5.78. The Balaban J connectivity index is 1.64. The van der Waals surface area contributed by atoms with Crippen molar-refractivity contribution in [2.45, 2.75) is 13.0 Å². The zero-order chi connectivity index (χ0) is 19.1. The number of hydrogen-bond acceptors (Lipinski definition) is 5. The van der Waals surface area contributed by atoms with Crippen LogP contribution in [-0.2, 0) is 0 Å². The van der Waals surface area contributed by atoms with Crippen LogP contribution >= 0.6 is 0 Å². The summed E-state index contributed by atoms with van der Waals surface area (Å²) < 4.78 is 17.6. The molecule has 0 bridgehead atoms. The zero-order valence-electron chi connectivity index (χ0n) is 15.0. The van der Waals surface area contributed by atoms with Crippen molar-refractivity contribution in [2.75, 3.05) is 5.32 Å². The molecule has 0 amide bonds. The molecule has 8 heteroatoms. The lowest BCUT2D eigenvalue weighted by molar-refractivity contribution is 0.629. The van der Waals surface area contributed by atoms with E-state index in [-0.39, 0.29) is 11.9 Å². The van der Waals surface area contributed by atoms with Crippen LogP contribution in [0, 0.1) is 5.82 Å². The average Bonchev–Trinajstić information content (AvgIpc) is 3.33. The van der Waals surface area contributed by atoms with E-state index in [1.807, 2.05) is 41.8 Å².